The molecule has 0 bridgehead atoms. The van der Waals surface area contributed by atoms with E-state index in [-0.39, 0.29) is 0 Å². The molecule has 0 aliphatic heterocycles. The third-order valence-corrected chi connectivity index (χ3v) is 9.68. The van der Waals surface area contributed by atoms with Gasteiger partial charge in [-0.1, -0.05) is 91.1 Å². The fourth-order valence-corrected chi connectivity index (χ4v) is 7.71. The largest absolute Gasteiger partial charge is 0.336 e. The van der Waals surface area contributed by atoms with Crippen molar-refractivity contribution in [2.75, 3.05) is 0 Å². The first-order valence-electron chi connectivity index (χ1n) is 15.4. The maximum atomic E-state index is 9.55. The second kappa shape index (κ2) is 9.73. The van der Waals surface area contributed by atoms with Gasteiger partial charge in [-0.2, -0.15) is 5.26 Å². The van der Waals surface area contributed by atoms with E-state index in [2.05, 4.69) is 143 Å². The van der Waals surface area contributed by atoms with Crippen molar-refractivity contribution >= 4 is 43.6 Å². The van der Waals surface area contributed by atoms with E-state index in [4.69, 9.17) is 0 Å². The summed E-state index contributed by atoms with van der Waals surface area (Å²) in [6.45, 7) is 0. The molecule has 3 atom stereocenters. The number of benzene rings is 5. The minimum absolute atomic E-state index is 0.376. The third-order valence-electron chi connectivity index (χ3n) is 9.68. The number of aromatic nitrogens is 2. The van der Waals surface area contributed by atoms with Crippen LogP contribution >= 0.6 is 0 Å². The molecule has 0 saturated heterocycles. The quantitative estimate of drug-likeness (QED) is 0.197. The molecule has 2 heterocycles. The molecule has 44 heavy (non-hydrogen) atoms. The van der Waals surface area contributed by atoms with Crippen molar-refractivity contribution in [3.63, 3.8) is 0 Å². The number of para-hydroxylation sites is 2. The molecule has 5 aromatic carbocycles. The smallest absolute Gasteiger partial charge is 0.0992 e. The van der Waals surface area contributed by atoms with Gasteiger partial charge in [-0.25, -0.2) is 0 Å². The molecule has 0 amide bonds. The topological polar surface area (TPSA) is 33.6 Å². The Labute approximate surface area is 255 Å². The molecule has 7 aromatic rings. The van der Waals surface area contributed by atoms with Gasteiger partial charge < -0.3 is 9.13 Å². The summed E-state index contributed by atoms with van der Waals surface area (Å²) in [6, 6.07) is 41.8. The molecule has 0 fully saturated rings. The standard InChI is InChI=1S/C41H29N3/c42-26-27-9-7-12-31(23-27)43-38-16-5-3-14-33(38)35-24-29(19-21-40(35)43)30-20-22-41-36(25-30)34-15-4-6-17-39(34)44(41)37-18-8-11-28-10-1-2-13-32(28)37/h1-17,19-25,28,32,37H,18H2. The van der Waals surface area contributed by atoms with Crippen molar-refractivity contribution in [1.82, 2.24) is 9.13 Å². The highest BCUT2D eigenvalue weighted by molar-refractivity contribution is 6.12. The van der Waals surface area contributed by atoms with Gasteiger partial charge in [-0.05, 0) is 72.1 Å². The molecule has 208 valence electrons. The zero-order valence-corrected chi connectivity index (χ0v) is 24.1. The molecule has 0 radical (unpaired) electrons. The molecule has 3 unspecified atom stereocenters. The lowest BCUT2D eigenvalue weighted by molar-refractivity contribution is 0.346. The molecule has 2 aliphatic rings. The first kappa shape index (κ1) is 25.0. The molecule has 3 heteroatoms. The molecule has 3 nitrogen and oxygen atoms in total. The zero-order valence-electron chi connectivity index (χ0n) is 24.1. The molecule has 0 spiro atoms. The van der Waals surface area contributed by atoms with E-state index in [9.17, 15) is 5.26 Å². The Balaban J connectivity index is 1.22. The van der Waals surface area contributed by atoms with Crippen LogP contribution in [-0.2, 0) is 0 Å². The minimum Gasteiger partial charge on any atom is -0.336 e. The van der Waals surface area contributed by atoms with Crippen molar-refractivity contribution < 1.29 is 0 Å². The summed E-state index contributed by atoms with van der Waals surface area (Å²) in [7, 11) is 0. The van der Waals surface area contributed by atoms with Crippen LogP contribution in [0.3, 0.4) is 0 Å². The normalized spacial score (nSPS) is 19.2. The summed E-state index contributed by atoms with van der Waals surface area (Å²) in [5.74, 6) is 0.905. The Hall–Kier alpha value is -5.59. The van der Waals surface area contributed by atoms with Gasteiger partial charge in [-0.3, -0.25) is 0 Å². The summed E-state index contributed by atoms with van der Waals surface area (Å²) >= 11 is 0. The Kier molecular flexibility index (Phi) is 5.52. The molecular weight excluding hydrogens is 534 g/mol. The number of hydrogen-bond donors (Lipinski definition) is 0. The lowest BCUT2D eigenvalue weighted by Crippen LogP contribution is -2.26. The van der Waals surface area contributed by atoms with E-state index < -0.39 is 0 Å². The predicted molar refractivity (Wildman–Crippen MR) is 182 cm³/mol. The highest BCUT2D eigenvalue weighted by Crippen LogP contribution is 2.44. The van der Waals surface area contributed by atoms with Crippen LogP contribution in [0.2, 0.25) is 0 Å². The summed E-state index contributed by atoms with van der Waals surface area (Å²) in [4.78, 5) is 0. The molecule has 0 N–H and O–H groups in total. The highest BCUT2D eigenvalue weighted by Gasteiger charge is 2.31. The number of nitriles is 1. The molecule has 2 aromatic heterocycles. The highest BCUT2D eigenvalue weighted by atomic mass is 15.0. The summed E-state index contributed by atoms with van der Waals surface area (Å²) < 4.78 is 4.87. The fraction of sp³-hybridized carbons (Fsp3) is 0.0976. The lowest BCUT2D eigenvalue weighted by atomic mass is 9.77. The van der Waals surface area contributed by atoms with Crippen LogP contribution in [0.4, 0.5) is 0 Å². The van der Waals surface area contributed by atoms with Gasteiger partial charge in [0.25, 0.3) is 0 Å². The van der Waals surface area contributed by atoms with Crippen molar-refractivity contribution in [2.24, 2.45) is 11.8 Å². The number of hydrogen-bond acceptors (Lipinski definition) is 1. The van der Waals surface area contributed by atoms with Crippen LogP contribution < -0.4 is 0 Å². The molecule has 9 rings (SSSR count). The van der Waals surface area contributed by atoms with Gasteiger partial charge in [0.1, 0.15) is 0 Å². The van der Waals surface area contributed by atoms with Gasteiger partial charge in [-0.15, -0.1) is 0 Å². The number of allylic oxidation sites excluding steroid dienone is 6. The van der Waals surface area contributed by atoms with Crippen LogP contribution in [0.1, 0.15) is 18.0 Å². The van der Waals surface area contributed by atoms with E-state index in [1.807, 2.05) is 18.2 Å². The van der Waals surface area contributed by atoms with Gasteiger partial charge in [0.2, 0.25) is 0 Å². The van der Waals surface area contributed by atoms with Crippen molar-refractivity contribution in [2.45, 2.75) is 12.5 Å². The zero-order chi connectivity index (χ0) is 29.2. The SMILES string of the molecule is N#Cc1cccc(-n2c3ccccc3c3cc(-c4ccc5c(c4)c4ccccc4n5C4CC=CC5C=CC=CC54)ccc32)c1. The Morgan fingerprint density at radius 3 is 2.07 bits per heavy atom. The average molecular weight is 564 g/mol. The van der Waals surface area contributed by atoms with Crippen LogP contribution in [0, 0.1) is 23.2 Å². The van der Waals surface area contributed by atoms with Crippen LogP contribution in [0.5, 0.6) is 0 Å². The Morgan fingerprint density at radius 2 is 1.25 bits per heavy atom. The average Bonchev–Trinajstić information content (AvgIpc) is 3.60. The molecule has 2 aliphatic carbocycles. The maximum absolute atomic E-state index is 9.55. The fourth-order valence-electron chi connectivity index (χ4n) is 7.71. The monoisotopic (exact) mass is 563 g/mol. The second-order valence-electron chi connectivity index (χ2n) is 12.0. The van der Waals surface area contributed by atoms with Crippen LogP contribution in [0.25, 0.3) is 60.4 Å². The Bertz CT molecular complexity index is 2400. The summed E-state index contributed by atoms with van der Waals surface area (Å²) in [5, 5.41) is 14.6. The maximum Gasteiger partial charge on any atom is 0.0992 e. The van der Waals surface area contributed by atoms with Crippen molar-refractivity contribution in [3.05, 3.63) is 151 Å². The molecular formula is C41H29N3. The van der Waals surface area contributed by atoms with Gasteiger partial charge in [0.15, 0.2) is 0 Å². The van der Waals surface area contributed by atoms with Crippen LogP contribution in [0.15, 0.2) is 146 Å². The van der Waals surface area contributed by atoms with E-state index in [0.29, 0.717) is 23.4 Å². The van der Waals surface area contributed by atoms with Crippen molar-refractivity contribution in [3.8, 4) is 22.9 Å². The van der Waals surface area contributed by atoms with E-state index in [1.165, 1.54) is 43.7 Å². The first-order valence-corrected chi connectivity index (χ1v) is 15.4. The first-order chi connectivity index (χ1) is 21.8. The number of rotatable bonds is 3. The number of nitrogens with zero attached hydrogens (tertiary/aromatic N) is 3. The second-order valence-corrected chi connectivity index (χ2v) is 12.0. The van der Waals surface area contributed by atoms with Gasteiger partial charge in [0, 0.05) is 56.1 Å². The summed E-state index contributed by atoms with van der Waals surface area (Å²) in [6.07, 6.45) is 14.9. The lowest BCUT2D eigenvalue weighted by Gasteiger charge is -2.35. The van der Waals surface area contributed by atoms with Gasteiger partial charge >= 0.3 is 0 Å². The number of fused-ring (bicyclic) bond motifs is 7. The molecule has 0 saturated carbocycles. The predicted octanol–water partition coefficient (Wildman–Crippen LogP) is 10.3. The third kappa shape index (κ3) is 3.68. The summed E-state index contributed by atoms with van der Waals surface area (Å²) in [5.41, 5.74) is 8.95. The minimum atomic E-state index is 0.376. The van der Waals surface area contributed by atoms with E-state index in [0.717, 1.165) is 23.1 Å². The Morgan fingerprint density at radius 1 is 0.591 bits per heavy atom. The van der Waals surface area contributed by atoms with Crippen molar-refractivity contribution in [1.29, 1.82) is 5.26 Å². The van der Waals surface area contributed by atoms with E-state index >= 15 is 0 Å². The van der Waals surface area contributed by atoms with Crippen LogP contribution in [-0.4, -0.2) is 9.13 Å². The van der Waals surface area contributed by atoms with E-state index in [1.54, 1.807) is 0 Å². The van der Waals surface area contributed by atoms with Gasteiger partial charge in [0.05, 0.1) is 22.7 Å².